The van der Waals surface area contributed by atoms with Crippen molar-refractivity contribution in [2.75, 3.05) is 7.11 Å². The molecular weight excluding hydrogens is 344 g/mol. The number of phenols is 2. The largest absolute Gasteiger partial charge is 0.506 e. The van der Waals surface area contributed by atoms with Crippen LogP contribution < -0.4 is 0 Å². The molecule has 1 aromatic rings. The van der Waals surface area contributed by atoms with Crippen molar-refractivity contribution in [1.82, 2.24) is 0 Å². The molecule has 16 heavy (non-hydrogen) atoms. The van der Waals surface area contributed by atoms with Gasteiger partial charge in [-0.05, 0) is 49.9 Å². The number of benzene rings is 1. The Morgan fingerprint density at radius 1 is 1.38 bits per heavy atom. The molecule has 0 heterocycles. The van der Waals surface area contributed by atoms with Gasteiger partial charge in [0.2, 0.25) is 0 Å². The zero-order valence-electron chi connectivity index (χ0n) is 8.46. The minimum atomic E-state index is -0.347. The second-order valence-electron chi connectivity index (χ2n) is 3.10. The molecule has 4 nitrogen and oxygen atoms in total. The van der Waals surface area contributed by atoms with Gasteiger partial charge in [-0.2, -0.15) is 0 Å². The lowest BCUT2D eigenvalue weighted by Crippen LogP contribution is -2.02. The second kappa shape index (κ2) is 5.54. The number of aryl methyl sites for hydroxylation is 1. The fourth-order valence-electron chi connectivity index (χ4n) is 1.18. The highest BCUT2D eigenvalue weighted by Crippen LogP contribution is 2.41. The summed E-state index contributed by atoms with van der Waals surface area (Å²) in [6.45, 7) is 0. The van der Waals surface area contributed by atoms with Gasteiger partial charge in [0.15, 0.2) is 0 Å². The summed E-state index contributed by atoms with van der Waals surface area (Å²) < 4.78 is 5.17. The van der Waals surface area contributed by atoms with Crippen molar-refractivity contribution in [3.05, 3.63) is 20.6 Å². The van der Waals surface area contributed by atoms with Crippen LogP contribution in [-0.4, -0.2) is 23.3 Å². The predicted octanol–water partition coefficient (Wildman–Crippen LogP) is 2.73. The smallest absolute Gasteiger partial charge is 0.305 e. The van der Waals surface area contributed by atoms with Gasteiger partial charge in [-0.15, -0.1) is 0 Å². The molecule has 0 aliphatic rings. The molecule has 0 bridgehead atoms. The van der Waals surface area contributed by atoms with Crippen LogP contribution in [0.1, 0.15) is 12.0 Å². The van der Waals surface area contributed by atoms with Gasteiger partial charge in [-0.25, -0.2) is 0 Å². The van der Waals surface area contributed by atoms with Crippen molar-refractivity contribution in [2.24, 2.45) is 0 Å². The van der Waals surface area contributed by atoms with E-state index in [1.807, 2.05) is 0 Å². The lowest BCUT2D eigenvalue weighted by Gasteiger charge is -2.09. The van der Waals surface area contributed by atoms with Crippen LogP contribution in [0.15, 0.2) is 15.0 Å². The van der Waals surface area contributed by atoms with E-state index < -0.39 is 0 Å². The summed E-state index contributed by atoms with van der Waals surface area (Å²) in [6.07, 6.45) is 0.518. The third-order valence-corrected chi connectivity index (χ3v) is 3.43. The first kappa shape index (κ1) is 13.3. The SMILES string of the molecule is COC(=O)CCc1cc(Br)c(O)c(Br)c1O. The number of hydrogen-bond donors (Lipinski definition) is 2. The van der Waals surface area contributed by atoms with E-state index in [4.69, 9.17) is 0 Å². The predicted molar refractivity (Wildman–Crippen MR) is 65.5 cm³/mol. The second-order valence-corrected chi connectivity index (χ2v) is 4.75. The van der Waals surface area contributed by atoms with Crippen LogP contribution in [0.25, 0.3) is 0 Å². The first-order valence-electron chi connectivity index (χ1n) is 4.43. The fraction of sp³-hybridized carbons (Fsp3) is 0.300. The van der Waals surface area contributed by atoms with Crippen LogP contribution in [0.5, 0.6) is 11.5 Å². The zero-order valence-corrected chi connectivity index (χ0v) is 11.6. The van der Waals surface area contributed by atoms with Gasteiger partial charge in [0.25, 0.3) is 0 Å². The third-order valence-electron chi connectivity index (χ3n) is 2.07. The normalized spacial score (nSPS) is 10.2. The number of carbonyl (C=O) groups is 1. The quantitative estimate of drug-likeness (QED) is 0.820. The summed E-state index contributed by atoms with van der Waals surface area (Å²) in [7, 11) is 1.31. The van der Waals surface area contributed by atoms with E-state index in [0.717, 1.165) is 0 Å². The Kier molecular flexibility index (Phi) is 4.61. The number of halogens is 2. The number of rotatable bonds is 3. The molecule has 0 unspecified atom stereocenters. The van der Waals surface area contributed by atoms with Gasteiger partial charge in [0.1, 0.15) is 16.0 Å². The highest BCUT2D eigenvalue weighted by molar-refractivity contribution is 9.11. The molecule has 1 rings (SSSR count). The Labute approximate surface area is 109 Å². The molecule has 0 aliphatic heterocycles. The molecule has 0 atom stereocenters. The number of esters is 1. The lowest BCUT2D eigenvalue weighted by molar-refractivity contribution is -0.140. The van der Waals surface area contributed by atoms with Gasteiger partial charge in [-0.3, -0.25) is 4.79 Å². The minimum Gasteiger partial charge on any atom is -0.506 e. The lowest BCUT2D eigenvalue weighted by atomic mass is 10.1. The highest BCUT2D eigenvalue weighted by atomic mass is 79.9. The van der Waals surface area contributed by atoms with Crippen molar-refractivity contribution in [1.29, 1.82) is 0 Å². The molecule has 0 aliphatic carbocycles. The van der Waals surface area contributed by atoms with Crippen LogP contribution in [0, 0.1) is 0 Å². The van der Waals surface area contributed by atoms with Crippen LogP contribution in [0.4, 0.5) is 0 Å². The van der Waals surface area contributed by atoms with E-state index in [1.54, 1.807) is 6.07 Å². The van der Waals surface area contributed by atoms with Crippen molar-refractivity contribution < 1.29 is 19.7 Å². The van der Waals surface area contributed by atoms with E-state index in [-0.39, 0.29) is 28.4 Å². The summed E-state index contributed by atoms with van der Waals surface area (Å²) >= 11 is 6.21. The van der Waals surface area contributed by atoms with Crippen molar-refractivity contribution in [3.63, 3.8) is 0 Å². The Balaban J connectivity index is 2.93. The summed E-state index contributed by atoms with van der Waals surface area (Å²) in [6, 6.07) is 1.57. The minimum absolute atomic E-state index is 0.0652. The molecular formula is C10H10Br2O4. The average molecular weight is 354 g/mol. The van der Waals surface area contributed by atoms with Crippen LogP contribution in [0.2, 0.25) is 0 Å². The highest BCUT2D eigenvalue weighted by Gasteiger charge is 2.14. The van der Waals surface area contributed by atoms with Gasteiger partial charge < -0.3 is 14.9 Å². The Morgan fingerprint density at radius 3 is 2.56 bits per heavy atom. The summed E-state index contributed by atoms with van der Waals surface area (Å²) in [5.74, 6) is -0.483. The number of phenolic OH excluding ortho intramolecular Hbond substituents is 2. The summed E-state index contributed by atoms with van der Waals surface area (Å²) in [4.78, 5) is 11.0. The molecule has 1 aromatic carbocycles. The van der Waals surface area contributed by atoms with Crippen molar-refractivity contribution in [2.45, 2.75) is 12.8 Å². The number of methoxy groups -OCH3 is 1. The van der Waals surface area contributed by atoms with E-state index in [9.17, 15) is 15.0 Å². The van der Waals surface area contributed by atoms with Crippen LogP contribution >= 0.6 is 31.9 Å². The van der Waals surface area contributed by atoms with E-state index >= 15 is 0 Å². The van der Waals surface area contributed by atoms with Crippen LogP contribution in [-0.2, 0) is 16.0 Å². The molecule has 2 N–H and O–H groups in total. The number of aromatic hydroxyl groups is 2. The molecule has 0 radical (unpaired) electrons. The maximum atomic E-state index is 11.0. The molecule has 0 amide bonds. The monoisotopic (exact) mass is 352 g/mol. The number of carbonyl (C=O) groups excluding carboxylic acids is 1. The molecule has 0 saturated heterocycles. The topological polar surface area (TPSA) is 66.8 Å². The molecule has 0 spiro atoms. The Bertz CT molecular complexity index is 418. The third kappa shape index (κ3) is 2.89. The Morgan fingerprint density at radius 2 is 2.00 bits per heavy atom. The first-order chi connectivity index (χ1) is 7.47. The van der Waals surface area contributed by atoms with E-state index in [2.05, 4.69) is 36.6 Å². The van der Waals surface area contributed by atoms with Crippen LogP contribution in [0.3, 0.4) is 0 Å². The van der Waals surface area contributed by atoms with Gasteiger partial charge in [-0.1, -0.05) is 0 Å². The average Bonchev–Trinajstić information content (AvgIpc) is 2.28. The molecule has 0 fully saturated rings. The van der Waals surface area contributed by atoms with Crippen molar-refractivity contribution in [3.8, 4) is 11.5 Å². The standard InChI is InChI=1S/C10H10Br2O4/c1-16-7(13)3-2-5-4-6(11)10(15)8(12)9(5)14/h4,14-15H,2-3H2,1H3. The van der Waals surface area contributed by atoms with Gasteiger partial charge >= 0.3 is 5.97 Å². The molecule has 0 aromatic heterocycles. The fourth-order valence-corrected chi connectivity index (χ4v) is 2.39. The van der Waals surface area contributed by atoms with E-state index in [0.29, 0.717) is 16.5 Å². The molecule has 0 saturated carbocycles. The van der Waals surface area contributed by atoms with Gasteiger partial charge in [0.05, 0.1) is 11.6 Å². The number of ether oxygens (including phenoxy) is 1. The molecule has 88 valence electrons. The van der Waals surface area contributed by atoms with Crippen molar-refractivity contribution >= 4 is 37.8 Å². The Hall–Kier alpha value is -0.750. The molecule has 6 heteroatoms. The maximum Gasteiger partial charge on any atom is 0.305 e. The van der Waals surface area contributed by atoms with Gasteiger partial charge in [0, 0.05) is 6.42 Å². The van der Waals surface area contributed by atoms with E-state index in [1.165, 1.54) is 7.11 Å². The maximum absolute atomic E-state index is 11.0. The zero-order chi connectivity index (χ0) is 12.3. The summed E-state index contributed by atoms with van der Waals surface area (Å²) in [5, 5.41) is 19.2. The number of hydrogen-bond acceptors (Lipinski definition) is 4. The first-order valence-corrected chi connectivity index (χ1v) is 6.01. The summed E-state index contributed by atoms with van der Waals surface area (Å²) in [5.41, 5.74) is 0.557.